The van der Waals surface area contributed by atoms with Crippen LogP contribution in [0.15, 0.2) is 183 Å². The second-order valence-corrected chi connectivity index (χ2v) is 15.9. The summed E-state index contributed by atoms with van der Waals surface area (Å²) < 4.78 is 49.0. The van der Waals surface area contributed by atoms with Crippen molar-refractivity contribution in [3.8, 4) is 68.1 Å². The molecule has 322 valence electrons. The highest BCUT2D eigenvalue weighted by atomic mass is 19.4. The predicted octanol–water partition coefficient (Wildman–Crippen LogP) is 12.9. The highest BCUT2D eigenvalue weighted by Gasteiger charge is 2.34. The van der Waals surface area contributed by atoms with Crippen LogP contribution in [0.4, 0.5) is 18.9 Å². The average Bonchev–Trinajstić information content (AvgIpc) is 3.90. The van der Waals surface area contributed by atoms with Crippen LogP contribution in [0, 0.1) is 6.57 Å². The van der Waals surface area contributed by atoms with Gasteiger partial charge in [-0.3, -0.25) is 0 Å². The number of halogens is 3. The summed E-state index contributed by atoms with van der Waals surface area (Å²) in [5.41, 5.74) is 6.34. The molecule has 0 aliphatic rings. The molecule has 6 aromatic carbocycles. The Morgan fingerprint density at radius 1 is 0.382 bits per heavy atom. The van der Waals surface area contributed by atoms with Crippen LogP contribution in [0.5, 0.6) is 0 Å². The van der Waals surface area contributed by atoms with Crippen molar-refractivity contribution in [3.05, 3.63) is 200 Å². The smallest absolute Gasteiger partial charge is 0.308 e. The summed E-state index contributed by atoms with van der Waals surface area (Å²) in [5.74, 6) is 2.12. The van der Waals surface area contributed by atoms with Crippen LogP contribution in [0.25, 0.3) is 117 Å². The molecule has 0 aliphatic heterocycles. The van der Waals surface area contributed by atoms with Gasteiger partial charge in [0.2, 0.25) is 0 Å². The molecule has 11 nitrogen and oxygen atoms in total. The third-order valence-electron chi connectivity index (χ3n) is 12.0. The molecule has 0 radical (unpaired) electrons. The summed E-state index contributed by atoms with van der Waals surface area (Å²) in [4.78, 5) is 40.2. The van der Waals surface area contributed by atoms with Crippen molar-refractivity contribution in [3.63, 3.8) is 0 Å². The van der Waals surface area contributed by atoms with Crippen LogP contribution < -0.4 is 0 Å². The van der Waals surface area contributed by atoms with E-state index in [4.69, 9.17) is 6.57 Å². The number of fused-ring (bicyclic) bond motifs is 6. The molecule has 0 saturated carbocycles. The SMILES string of the molecule is [C-]#[N+]c1cc(-n2c3ccc(-c4ncccn4)cc3c3cc(-c4ncccn4)ccc32)c(-n2c3ccc(-c4ncccn4)cc3c3cc(-c4ncccn4)ccc32)cc1-c1ccccc1C(F)(F)F. The monoisotopic (exact) mass is 889 g/mol. The van der Waals surface area contributed by atoms with Crippen molar-refractivity contribution in [2.75, 3.05) is 0 Å². The van der Waals surface area contributed by atoms with Gasteiger partial charge >= 0.3 is 6.18 Å². The lowest BCUT2D eigenvalue weighted by molar-refractivity contribution is -0.137. The van der Waals surface area contributed by atoms with Gasteiger partial charge in [-0.1, -0.05) is 18.2 Å². The van der Waals surface area contributed by atoms with Crippen molar-refractivity contribution in [2.45, 2.75) is 6.18 Å². The normalized spacial score (nSPS) is 11.7. The number of alkyl halides is 3. The van der Waals surface area contributed by atoms with E-state index in [1.54, 1.807) is 92.0 Å². The highest BCUT2D eigenvalue weighted by Crippen LogP contribution is 2.47. The second kappa shape index (κ2) is 15.9. The minimum absolute atomic E-state index is 0.0341. The molecule has 0 fully saturated rings. The molecule has 0 aliphatic carbocycles. The molecular formula is C54H30F3N11. The molecule has 0 saturated heterocycles. The van der Waals surface area contributed by atoms with Crippen molar-refractivity contribution in [1.82, 2.24) is 49.0 Å². The van der Waals surface area contributed by atoms with Crippen molar-refractivity contribution in [1.29, 1.82) is 0 Å². The Kier molecular flexibility index (Phi) is 9.36. The van der Waals surface area contributed by atoms with Gasteiger partial charge in [0.1, 0.15) is 0 Å². The summed E-state index contributed by atoms with van der Waals surface area (Å²) in [6.07, 6.45) is 8.79. The first-order chi connectivity index (χ1) is 33.3. The lowest BCUT2D eigenvalue weighted by atomic mass is 9.96. The molecule has 68 heavy (non-hydrogen) atoms. The van der Waals surface area contributed by atoms with Gasteiger partial charge in [-0.05, 0) is 126 Å². The first kappa shape index (κ1) is 40.1. The molecule has 0 amide bonds. The van der Waals surface area contributed by atoms with E-state index in [0.29, 0.717) is 34.7 Å². The lowest BCUT2D eigenvalue weighted by Gasteiger charge is -2.21. The predicted molar refractivity (Wildman–Crippen MR) is 256 cm³/mol. The Hall–Kier alpha value is -9.48. The van der Waals surface area contributed by atoms with Gasteiger partial charge in [-0.25, -0.2) is 44.7 Å². The Morgan fingerprint density at radius 2 is 0.721 bits per heavy atom. The van der Waals surface area contributed by atoms with Crippen LogP contribution >= 0.6 is 0 Å². The van der Waals surface area contributed by atoms with Crippen molar-refractivity contribution >= 4 is 49.3 Å². The molecule has 0 bridgehead atoms. The van der Waals surface area contributed by atoms with Crippen LogP contribution in [0.3, 0.4) is 0 Å². The maximum atomic E-state index is 15.0. The molecule has 6 heterocycles. The Bertz CT molecular complexity index is 3770. The third kappa shape index (κ3) is 6.68. The Balaban J connectivity index is 1.22. The minimum Gasteiger partial charge on any atom is -0.308 e. The third-order valence-corrected chi connectivity index (χ3v) is 12.0. The van der Waals surface area contributed by atoms with Gasteiger partial charge in [0.25, 0.3) is 0 Å². The van der Waals surface area contributed by atoms with Gasteiger partial charge in [-0.2, -0.15) is 13.2 Å². The maximum absolute atomic E-state index is 15.0. The van der Waals surface area contributed by atoms with Gasteiger partial charge in [0, 0.05) is 93.4 Å². The fourth-order valence-electron chi connectivity index (χ4n) is 9.11. The zero-order valence-corrected chi connectivity index (χ0v) is 35.4. The van der Waals surface area contributed by atoms with Crippen LogP contribution in [-0.4, -0.2) is 49.0 Å². The Morgan fingerprint density at radius 3 is 1.06 bits per heavy atom. The van der Waals surface area contributed by atoms with E-state index in [1.807, 2.05) is 72.8 Å². The molecule has 0 N–H and O–H groups in total. The van der Waals surface area contributed by atoms with E-state index < -0.39 is 11.7 Å². The van der Waals surface area contributed by atoms with Gasteiger partial charge in [0.15, 0.2) is 29.0 Å². The second-order valence-electron chi connectivity index (χ2n) is 15.9. The molecular weight excluding hydrogens is 860 g/mol. The summed E-state index contributed by atoms with van der Waals surface area (Å²) in [6.45, 7) is 8.55. The lowest BCUT2D eigenvalue weighted by Crippen LogP contribution is -2.08. The van der Waals surface area contributed by atoms with E-state index in [1.165, 1.54) is 12.1 Å². The van der Waals surface area contributed by atoms with Crippen molar-refractivity contribution in [2.24, 2.45) is 0 Å². The molecule has 0 unspecified atom stereocenters. The standard InChI is InChI=1S/C54H30F3N11/c1-58-43-31-49(68-46-16-12-34(52-63-22-6-23-64-52)28-40(46)41-29-35(13-17-47(41)68)53-65-24-7-25-66-53)48(30-37(43)36-8-2-3-9-42(36)54(55,56)57)67-44-14-10-32(50-59-18-4-19-60-50)26-38(44)39-27-33(11-15-45(39)67)51-61-20-5-21-62-51/h2-31H. The van der Waals surface area contributed by atoms with Crippen molar-refractivity contribution < 1.29 is 13.2 Å². The van der Waals surface area contributed by atoms with E-state index in [9.17, 15) is 13.2 Å². The largest absolute Gasteiger partial charge is 0.416 e. The van der Waals surface area contributed by atoms with Crippen LogP contribution in [0.1, 0.15) is 5.56 Å². The first-order valence-corrected chi connectivity index (χ1v) is 21.3. The van der Waals surface area contributed by atoms with Crippen LogP contribution in [-0.2, 0) is 6.18 Å². The zero-order valence-electron chi connectivity index (χ0n) is 35.4. The fourth-order valence-corrected chi connectivity index (χ4v) is 9.11. The highest BCUT2D eigenvalue weighted by molar-refractivity contribution is 6.14. The molecule has 0 spiro atoms. The Labute approximate surface area is 384 Å². The number of hydrogen-bond donors (Lipinski definition) is 0. The van der Waals surface area contributed by atoms with Gasteiger partial charge in [0.05, 0.1) is 45.6 Å². The van der Waals surface area contributed by atoms with E-state index >= 15 is 0 Å². The summed E-state index contributed by atoms with van der Waals surface area (Å²) in [6, 6.07) is 39.6. The zero-order chi connectivity index (χ0) is 45.9. The van der Waals surface area contributed by atoms with E-state index in [0.717, 1.165) is 71.9 Å². The quantitative estimate of drug-likeness (QED) is 0.145. The minimum atomic E-state index is -4.71. The number of benzene rings is 6. The molecule has 12 rings (SSSR count). The number of aromatic nitrogens is 10. The summed E-state index contributed by atoms with van der Waals surface area (Å²) in [7, 11) is 0. The number of rotatable bonds is 7. The van der Waals surface area contributed by atoms with Gasteiger partial charge in [-0.15, -0.1) is 0 Å². The van der Waals surface area contributed by atoms with Crippen LogP contribution in [0.2, 0.25) is 0 Å². The maximum Gasteiger partial charge on any atom is 0.416 e. The summed E-state index contributed by atoms with van der Waals surface area (Å²) in [5, 5.41) is 3.32. The number of hydrogen-bond acceptors (Lipinski definition) is 8. The molecule has 12 aromatic rings. The fraction of sp³-hybridized carbons (Fsp3) is 0.0185. The number of nitrogens with zero attached hydrogens (tertiary/aromatic N) is 11. The molecule has 14 heteroatoms. The first-order valence-electron chi connectivity index (χ1n) is 21.3. The molecule has 0 atom stereocenters. The summed E-state index contributed by atoms with van der Waals surface area (Å²) >= 11 is 0. The van der Waals surface area contributed by atoms with Gasteiger partial charge < -0.3 is 9.13 Å². The topological polar surface area (TPSA) is 117 Å². The van der Waals surface area contributed by atoms with E-state index in [-0.39, 0.29) is 16.8 Å². The average molecular weight is 890 g/mol. The van der Waals surface area contributed by atoms with E-state index in [2.05, 4.69) is 53.9 Å². The molecule has 6 aromatic heterocycles.